The van der Waals surface area contributed by atoms with Crippen LogP contribution in [0.3, 0.4) is 0 Å². The second kappa shape index (κ2) is 1.97. The van der Waals surface area contributed by atoms with Crippen molar-refractivity contribution in [1.82, 2.24) is 0 Å². The van der Waals surface area contributed by atoms with Crippen LogP contribution < -0.4 is 0 Å². The van der Waals surface area contributed by atoms with Gasteiger partial charge in [-0.1, -0.05) is 0 Å². The molecule has 1 aliphatic rings. The highest BCUT2D eigenvalue weighted by molar-refractivity contribution is 5.95. The van der Waals surface area contributed by atoms with Crippen LogP contribution in [0.2, 0.25) is 0 Å². The number of rotatable bonds is 0. The maximum atomic E-state index is 11.7. The van der Waals surface area contributed by atoms with Gasteiger partial charge < -0.3 is 4.74 Å². The van der Waals surface area contributed by atoms with Crippen molar-refractivity contribution in [3.05, 3.63) is 0 Å². The highest BCUT2D eigenvalue weighted by Gasteiger charge is 2.60. The topological polar surface area (TPSA) is 26.3 Å². The molecule has 0 aromatic rings. The van der Waals surface area contributed by atoms with Gasteiger partial charge in [0.2, 0.25) is 11.9 Å². The molecule has 64 valence electrons. The second-order valence-corrected chi connectivity index (χ2v) is 2.91. The minimum atomic E-state index is -4.55. The fourth-order valence-corrected chi connectivity index (χ4v) is 0.879. The van der Waals surface area contributed by atoms with E-state index < -0.39 is 23.7 Å². The standard InChI is InChI=1S/C6H7F3O2/c1-5(2)3(10)4(11-5)6(7,8)9/h4H,1-2H3. The number of carbonyl (C=O) groups excluding carboxylic acids is 1. The van der Waals surface area contributed by atoms with Crippen LogP contribution in [0.5, 0.6) is 0 Å². The van der Waals surface area contributed by atoms with Gasteiger partial charge in [-0.2, -0.15) is 13.2 Å². The van der Waals surface area contributed by atoms with E-state index in [1.807, 2.05) is 0 Å². The Bertz CT molecular complexity index is 194. The van der Waals surface area contributed by atoms with Gasteiger partial charge in [0.1, 0.15) is 5.60 Å². The molecule has 2 nitrogen and oxygen atoms in total. The fourth-order valence-electron chi connectivity index (χ4n) is 0.879. The molecule has 0 saturated carbocycles. The summed E-state index contributed by atoms with van der Waals surface area (Å²) < 4.78 is 39.6. The van der Waals surface area contributed by atoms with Crippen LogP contribution in [0.1, 0.15) is 13.8 Å². The van der Waals surface area contributed by atoms with E-state index in [-0.39, 0.29) is 0 Å². The van der Waals surface area contributed by atoms with Gasteiger partial charge >= 0.3 is 6.18 Å². The summed E-state index contributed by atoms with van der Waals surface area (Å²) in [5, 5.41) is 0. The number of carbonyl (C=O) groups is 1. The Morgan fingerprint density at radius 3 is 2.00 bits per heavy atom. The summed E-state index contributed by atoms with van der Waals surface area (Å²) >= 11 is 0. The molecule has 11 heavy (non-hydrogen) atoms. The van der Waals surface area contributed by atoms with Crippen molar-refractivity contribution < 1.29 is 22.7 Å². The lowest BCUT2D eigenvalue weighted by Crippen LogP contribution is -2.63. The third-order valence-electron chi connectivity index (χ3n) is 1.54. The molecule has 0 aromatic heterocycles. The lowest BCUT2D eigenvalue weighted by Gasteiger charge is -2.41. The first-order valence-corrected chi connectivity index (χ1v) is 3.04. The third-order valence-corrected chi connectivity index (χ3v) is 1.54. The van der Waals surface area contributed by atoms with E-state index in [0.29, 0.717) is 0 Å². The van der Waals surface area contributed by atoms with Crippen LogP contribution in [0.4, 0.5) is 13.2 Å². The number of hydrogen-bond donors (Lipinski definition) is 0. The minimum Gasteiger partial charge on any atom is -0.347 e. The van der Waals surface area contributed by atoms with Gasteiger partial charge in [-0.15, -0.1) is 0 Å². The van der Waals surface area contributed by atoms with Gasteiger partial charge in [0.15, 0.2) is 0 Å². The van der Waals surface area contributed by atoms with Gasteiger partial charge in [-0.25, -0.2) is 0 Å². The minimum absolute atomic E-state index is 0.898. The summed E-state index contributed by atoms with van der Waals surface area (Å²) in [7, 11) is 0. The average molecular weight is 168 g/mol. The molecule has 0 N–H and O–H groups in total. The van der Waals surface area contributed by atoms with Crippen molar-refractivity contribution in [3.63, 3.8) is 0 Å². The van der Waals surface area contributed by atoms with Gasteiger partial charge in [0.25, 0.3) is 0 Å². The monoisotopic (exact) mass is 168 g/mol. The zero-order chi connectivity index (χ0) is 8.86. The lowest BCUT2D eigenvalue weighted by atomic mass is 9.91. The predicted octanol–water partition coefficient (Wildman–Crippen LogP) is 1.30. The molecule has 1 aliphatic heterocycles. The van der Waals surface area contributed by atoms with Crippen molar-refractivity contribution in [2.75, 3.05) is 0 Å². The molecule has 1 fully saturated rings. The van der Waals surface area contributed by atoms with Crippen LogP contribution in [0.25, 0.3) is 0 Å². The van der Waals surface area contributed by atoms with E-state index in [1.165, 1.54) is 13.8 Å². The predicted molar refractivity (Wildman–Crippen MR) is 30.0 cm³/mol. The summed E-state index contributed by atoms with van der Waals surface area (Å²) in [6, 6.07) is 0. The van der Waals surface area contributed by atoms with Gasteiger partial charge in [0, 0.05) is 0 Å². The van der Waals surface area contributed by atoms with Gasteiger partial charge in [-0.3, -0.25) is 4.79 Å². The zero-order valence-corrected chi connectivity index (χ0v) is 6.03. The van der Waals surface area contributed by atoms with Crippen LogP contribution in [0, 0.1) is 0 Å². The van der Waals surface area contributed by atoms with E-state index in [9.17, 15) is 18.0 Å². The molecule has 0 bridgehead atoms. The maximum Gasteiger partial charge on any atom is 0.421 e. The smallest absolute Gasteiger partial charge is 0.347 e. The molecule has 1 saturated heterocycles. The normalized spacial score (nSPS) is 29.9. The van der Waals surface area contributed by atoms with Crippen molar-refractivity contribution in [2.45, 2.75) is 31.7 Å². The first-order valence-electron chi connectivity index (χ1n) is 3.04. The van der Waals surface area contributed by atoms with Crippen molar-refractivity contribution in [3.8, 4) is 0 Å². The highest BCUT2D eigenvalue weighted by Crippen LogP contribution is 2.37. The summed E-state index contributed by atoms with van der Waals surface area (Å²) in [6.45, 7) is 2.63. The number of ether oxygens (including phenoxy) is 1. The Hall–Kier alpha value is -0.580. The SMILES string of the molecule is CC1(C)OC(C(F)(F)F)C1=O. The molecular formula is C6H7F3O2. The first-order chi connectivity index (χ1) is 4.75. The van der Waals surface area contributed by atoms with Crippen LogP contribution in [-0.2, 0) is 9.53 Å². The number of alkyl halides is 3. The average Bonchev–Trinajstić information content (AvgIpc) is 1.80. The molecule has 0 aliphatic carbocycles. The lowest BCUT2D eigenvalue weighted by molar-refractivity contribution is -0.278. The Labute approximate surface area is 61.3 Å². The quantitative estimate of drug-likeness (QED) is 0.544. The number of ketones is 1. The van der Waals surface area contributed by atoms with Crippen molar-refractivity contribution in [1.29, 1.82) is 0 Å². The van der Waals surface area contributed by atoms with Gasteiger partial charge in [0.05, 0.1) is 0 Å². The molecule has 0 amide bonds. The van der Waals surface area contributed by atoms with Crippen LogP contribution >= 0.6 is 0 Å². The molecule has 1 heterocycles. The van der Waals surface area contributed by atoms with E-state index >= 15 is 0 Å². The Morgan fingerprint density at radius 1 is 1.45 bits per heavy atom. The zero-order valence-electron chi connectivity index (χ0n) is 6.03. The maximum absolute atomic E-state index is 11.7. The molecule has 1 rings (SSSR count). The Balaban J connectivity index is 2.67. The third kappa shape index (κ3) is 1.24. The summed E-state index contributed by atoms with van der Waals surface area (Å²) in [5.41, 5.74) is -1.25. The first kappa shape index (κ1) is 8.52. The molecular weight excluding hydrogens is 161 g/mol. The van der Waals surface area contributed by atoms with E-state index in [4.69, 9.17) is 0 Å². The summed E-state index contributed by atoms with van der Waals surface area (Å²) in [6.07, 6.45) is -6.75. The fraction of sp³-hybridized carbons (Fsp3) is 0.833. The van der Waals surface area contributed by atoms with Crippen molar-refractivity contribution >= 4 is 5.78 Å². The van der Waals surface area contributed by atoms with Gasteiger partial charge in [-0.05, 0) is 13.8 Å². The number of hydrogen-bond acceptors (Lipinski definition) is 2. The van der Waals surface area contributed by atoms with E-state index in [0.717, 1.165) is 0 Å². The van der Waals surface area contributed by atoms with Crippen LogP contribution in [-0.4, -0.2) is 23.7 Å². The van der Waals surface area contributed by atoms with E-state index in [1.54, 1.807) is 0 Å². The molecule has 0 spiro atoms. The number of Topliss-reactive ketones (excluding diaryl/α,β-unsaturated/α-hetero) is 1. The highest BCUT2D eigenvalue weighted by atomic mass is 19.4. The summed E-state index contributed by atoms with van der Waals surface area (Å²) in [4.78, 5) is 10.7. The summed E-state index contributed by atoms with van der Waals surface area (Å²) in [5.74, 6) is -0.898. The Morgan fingerprint density at radius 2 is 1.91 bits per heavy atom. The number of halogens is 3. The van der Waals surface area contributed by atoms with Crippen molar-refractivity contribution in [2.24, 2.45) is 0 Å². The largest absolute Gasteiger partial charge is 0.421 e. The van der Waals surface area contributed by atoms with Crippen LogP contribution in [0.15, 0.2) is 0 Å². The molecule has 0 aromatic carbocycles. The molecule has 1 unspecified atom stereocenters. The molecule has 0 radical (unpaired) electrons. The molecule has 5 heteroatoms. The van der Waals surface area contributed by atoms with E-state index in [2.05, 4.69) is 4.74 Å². The molecule has 1 atom stereocenters. The second-order valence-electron chi connectivity index (χ2n) is 2.91. The Kier molecular flexibility index (Phi) is 1.52.